The third-order valence-electron chi connectivity index (χ3n) is 1.83. The highest BCUT2D eigenvalue weighted by atomic mass is 35.5. The van der Waals surface area contributed by atoms with Crippen LogP contribution in [0.4, 0.5) is 0 Å². The Morgan fingerprint density at radius 2 is 2.00 bits per heavy atom. The van der Waals surface area contributed by atoms with E-state index in [2.05, 4.69) is 13.8 Å². The molecule has 0 radical (unpaired) electrons. The summed E-state index contributed by atoms with van der Waals surface area (Å²) < 4.78 is 5.05. The standard InChI is InChI=1S/C10H13ClO/c1-7(2)9-5-4-8(12-3)6-10(9)11/h4-7H,1-3H3. The van der Waals surface area contributed by atoms with E-state index in [0.717, 1.165) is 16.3 Å². The zero-order valence-corrected chi connectivity index (χ0v) is 8.35. The van der Waals surface area contributed by atoms with Gasteiger partial charge in [0.1, 0.15) is 5.75 Å². The van der Waals surface area contributed by atoms with Gasteiger partial charge in [0, 0.05) is 5.02 Å². The quantitative estimate of drug-likeness (QED) is 0.684. The summed E-state index contributed by atoms with van der Waals surface area (Å²) in [6.45, 7) is 4.24. The number of benzene rings is 1. The Morgan fingerprint density at radius 3 is 2.42 bits per heavy atom. The lowest BCUT2D eigenvalue weighted by atomic mass is 10.0. The van der Waals surface area contributed by atoms with Crippen molar-refractivity contribution in [3.63, 3.8) is 0 Å². The van der Waals surface area contributed by atoms with E-state index < -0.39 is 0 Å². The molecule has 0 saturated carbocycles. The molecular formula is C10H13ClO. The Balaban J connectivity index is 3.03. The van der Waals surface area contributed by atoms with Crippen molar-refractivity contribution in [1.29, 1.82) is 0 Å². The van der Waals surface area contributed by atoms with E-state index in [1.807, 2.05) is 18.2 Å². The third kappa shape index (κ3) is 1.92. The molecule has 0 aromatic heterocycles. The first-order chi connectivity index (χ1) is 5.65. The summed E-state index contributed by atoms with van der Waals surface area (Å²) >= 11 is 6.02. The van der Waals surface area contributed by atoms with Gasteiger partial charge in [-0.05, 0) is 23.6 Å². The van der Waals surface area contributed by atoms with Crippen LogP contribution < -0.4 is 4.74 Å². The molecule has 1 aromatic rings. The lowest BCUT2D eigenvalue weighted by Gasteiger charge is -2.08. The molecule has 0 saturated heterocycles. The Labute approximate surface area is 78.3 Å². The smallest absolute Gasteiger partial charge is 0.120 e. The summed E-state index contributed by atoms with van der Waals surface area (Å²) in [5.41, 5.74) is 1.16. The Hall–Kier alpha value is -0.690. The third-order valence-corrected chi connectivity index (χ3v) is 2.16. The van der Waals surface area contributed by atoms with Crippen molar-refractivity contribution in [3.05, 3.63) is 28.8 Å². The molecule has 0 amide bonds. The minimum Gasteiger partial charge on any atom is -0.497 e. The van der Waals surface area contributed by atoms with Gasteiger partial charge in [0.2, 0.25) is 0 Å². The van der Waals surface area contributed by atoms with Crippen LogP contribution >= 0.6 is 11.6 Å². The van der Waals surface area contributed by atoms with E-state index in [0.29, 0.717) is 5.92 Å². The summed E-state index contributed by atoms with van der Waals surface area (Å²) in [6, 6.07) is 5.78. The minimum atomic E-state index is 0.461. The fourth-order valence-electron chi connectivity index (χ4n) is 1.10. The molecule has 66 valence electrons. The summed E-state index contributed by atoms with van der Waals surface area (Å²) in [7, 11) is 1.64. The van der Waals surface area contributed by atoms with E-state index >= 15 is 0 Å². The second-order valence-corrected chi connectivity index (χ2v) is 3.45. The molecule has 1 aromatic carbocycles. The fourth-order valence-corrected chi connectivity index (χ4v) is 1.49. The molecule has 0 unspecified atom stereocenters. The molecule has 0 fully saturated rings. The van der Waals surface area contributed by atoms with Crippen LogP contribution in [0.5, 0.6) is 5.75 Å². The van der Waals surface area contributed by atoms with E-state index in [4.69, 9.17) is 16.3 Å². The van der Waals surface area contributed by atoms with Crippen LogP contribution in [0.25, 0.3) is 0 Å². The highest BCUT2D eigenvalue weighted by molar-refractivity contribution is 6.31. The summed E-state index contributed by atoms with van der Waals surface area (Å²) in [5.74, 6) is 1.27. The van der Waals surface area contributed by atoms with E-state index in [1.165, 1.54) is 0 Å². The molecule has 0 N–H and O–H groups in total. The minimum absolute atomic E-state index is 0.461. The first kappa shape index (κ1) is 9.40. The number of methoxy groups -OCH3 is 1. The van der Waals surface area contributed by atoms with E-state index in [1.54, 1.807) is 7.11 Å². The van der Waals surface area contributed by atoms with Gasteiger partial charge in [0.05, 0.1) is 7.11 Å². The maximum Gasteiger partial charge on any atom is 0.120 e. The maximum atomic E-state index is 6.02. The second kappa shape index (κ2) is 3.81. The van der Waals surface area contributed by atoms with Gasteiger partial charge in [-0.15, -0.1) is 0 Å². The summed E-state index contributed by atoms with van der Waals surface area (Å²) in [6.07, 6.45) is 0. The van der Waals surface area contributed by atoms with Crippen molar-refractivity contribution in [2.24, 2.45) is 0 Å². The van der Waals surface area contributed by atoms with Gasteiger partial charge in [0.15, 0.2) is 0 Å². The average molecular weight is 185 g/mol. The number of hydrogen-bond acceptors (Lipinski definition) is 1. The van der Waals surface area contributed by atoms with Crippen molar-refractivity contribution in [1.82, 2.24) is 0 Å². The van der Waals surface area contributed by atoms with Gasteiger partial charge >= 0.3 is 0 Å². The summed E-state index contributed by atoms with van der Waals surface area (Å²) in [4.78, 5) is 0. The molecule has 1 nitrogen and oxygen atoms in total. The van der Waals surface area contributed by atoms with Gasteiger partial charge in [-0.3, -0.25) is 0 Å². The van der Waals surface area contributed by atoms with Gasteiger partial charge in [-0.1, -0.05) is 31.5 Å². The predicted octanol–water partition coefficient (Wildman–Crippen LogP) is 3.47. The lowest BCUT2D eigenvalue weighted by molar-refractivity contribution is 0.414. The largest absolute Gasteiger partial charge is 0.497 e. The van der Waals surface area contributed by atoms with Crippen molar-refractivity contribution >= 4 is 11.6 Å². The van der Waals surface area contributed by atoms with Crippen molar-refractivity contribution in [2.45, 2.75) is 19.8 Å². The van der Waals surface area contributed by atoms with Crippen LogP contribution in [0.3, 0.4) is 0 Å². The molecule has 0 bridgehead atoms. The molecule has 1 rings (SSSR count). The SMILES string of the molecule is COc1ccc(C(C)C)c(Cl)c1. The zero-order chi connectivity index (χ0) is 9.14. The first-order valence-electron chi connectivity index (χ1n) is 3.98. The topological polar surface area (TPSA) is 9.23 Å². The van der Waals surface area contributed by atoms with Crippen LogP contribution in [-0.4, -0.2) is 7.11 Å². The number of ether oxygens (including phenoxy) is 1. The average Bonchev–Trinajstić information content (AvgIpc) is 2.03. The fraction of sp³-hybridized carbons (Fsp3) is 0.400. The lowest BCUT2D eigenvalue weighted by Crippen LogP contribution is -1.90. The highest BCUT2D eigenvalue weighted by Gasteiger charge is 2.05. The van der Waals surface area contributed by atoms with Crippen molar-refractivity contribution in [2.75, 3.05) is 7.11 Å². The van der Waals surface area contributed by atoms with Gasteiger partial charge in [-0.25, -0.2) is 0 Å². The van der Waals surface area contributed by atoms with Crippen LogP contribution in [0.1, 0.15) is 25.3 Å². The van der Waals surface area contributed by atoms with E-state index in [9.17, 15) is 0 Å². The first-order valence-corrected chi connectivity index (χ1v) is 4.36. The van der Waals surface area contributed by atoms with E-state index in [-0.39, 0.29) is 0 Å². The van der Waals surface area contributed by atoms with Crippen LogP contribution in [0.15, 0.2) is 18.2 Å². The summed E-state index contributed by atoms with van der Waals surface area (Å²) in [5, 5.41) is 0.782. The van der Waals surface area contributed by atoms with Crippen LogP contribution in [0, 0.1) is 0 Å². The Bertz CT molecular complexity index is 269. The van der Waals surface area contributed by atoms with Gasteiger partial charge in [0.25, 0.3) is 0 Å². The monoisotopic (exact) mass is 184 g/mol. The molecule has 0 aliphatic rings. The number of hydrogen-bond donors (Lipinski definition) is 0. The molecule has 0 atom stereocenters. The molecule has 2 heteroatoms. The van der Waals surface area contributed by atoms with Gasteiger partial charge in [-0.2, -0.15) is 0 Å². The normalized spacial score (nSPS) is 10.4. The number of rotatable bonds is 2. The van der Waals surface area contributed by atoms with Gasteiger partial charge < -0.3 is 4.74 Å². The molecule has 12 heavy (non-hydrogen) atoms. The van der Waals surface area contributed by atoms with Crippen LogP contribution in [0.2, 0.25) is 5.02 Å². The second-order valence-electron chi connectivity index (χ2n) is 3.04. The van der Waals surface area contributed by atoms with Crippen LogP contribution in [-0.2, 0) is 0 Å². The zero-order valence-electron chi connectivity index (χ0n) is 7.60. The van der Waals surface area contributed by atoms with Crippen molar-refractivity contribution in [3.8, 4) is 5.75 Å². The molecular weight excluding hydrogens is 172 g/mol. The molecule has 0 aliphatic heterocycles. The molecule has 0 aliphatic carbocycles. The maximum absolute atomic E-state index is 6.02. The highest BCUT2D eigenvalue weighted by Crippen LogP contribution is 2.27. The van der Waals surface area contributed by atoms with Crippen molar-refractivity contribution < 1.29 is 4.74 Å². The Morgan fingerprint density at radius 1 is 1.33 bits per heavy atom. The Kier molecular flexibility index (Phi) is 2.99. The molecule has 0 spiro atoms. The molecule has 0 heterocycles. The predicted molar refractivity (Wildman–Crippen MR) is 52.1 cm³/mol. The number of halogens is 1.